The topological polar surface area (TPSA) is 38.1 Å². The average Bonchev–Trinajstić information content (AvgIpc) is 2.57. The molecule has 0 atom stereocenters. The number of nitrogens with one attached hydrogen (secondary N) is 1. The monoisotopic (exact) mass is 202 g/mol. The Morgan fingerprint density at radius 3 is 3.13 bits per heavy atom. The second-order valence-electron chi connectivity index (χ2n) is 3.42. The summed E-state index contributed by atoms with van der Waals surface area (Å²) < 4.78 is 5.45. The Morgan fingerprint density at radius 2 is 2.33 bits per heavy atom. The first-order valence-electron chi connectivity index (χ1n) is 4.98. The van der Waals surface area contributed by atoms with Gasteiger partial charge in [0.1, 0.15) is 5.52 Å². The number of fused-ring (bicyclic) bond motifs is 1. The number of likely N-dealkylation sites (N-methyl/N-ethyl adjacent to an activating group) is 1. The molecule has 0 unspecified atom stereocenters. The fourth-order valence-corrected chi connectivity index (χ4v) is 1.47. The molecule has 1 N–H and O–H groups in total. The van der Waals surface area contributed by atoms with Gasteiger partial charge in [0, 0.05) is 13.5 Å². The van der Waals surface area contributed by atoms with Crippen molar-refractivity contribution in [3.63, 3.8) is 0 Å². The summed E-state index contributed by atoms with van der Waals surface area (Å²) in [6.45, 7) is 2.73. The van der Waals surface area contributed by atoms with Gasteiger partial charge in [-0.05, 0) is 24.7 Å². The second kappa shape index (κ2) is 4.28. The molecule has 0 saturated heterocycles. The Balaban J connectivity index is 2.30. The van der Waals surface area contributed by atoms with Gasteiger partial charge < -0.3 is 9.73 Å². The lowest BCUT2D eigenvalue weighted by molar-refractivity contribution is 0.561. The Kier molecular flexibility index (Phi) is 2.83. The van der Waals surface area contributed by atoms with Crippen LogP contribution in [-0.4, -0.2) is 18.6 Å². The van der Waals surface area contributed by atoms with E-state index in [9.17, 15) is 0 Å². The molecule has 0 aliphatic rings. The minimum absolute atomic E-state index is 0.710. The molecule has 1 aromatic carbocycles. The van der Waals surface area contributed by atoms with Crippen LogP contribution < -0.4 is 5.32 Å². The Labute approximate surface area is 88.8 Å². The van der Waals surface area contributed by atoms with Gasteiger partial charge in [0.25, 0.3) is 0 Å². The highest BCUT2D eigenvalue weighted by Gasteiger charge is 2.00. The molecule has 15 heavy (non-hydrogen) atoms. The first-order valence-corrected chi connectivity index (χ1v) is 4.98. The lowest BCUT2D eigenvalue weighted by Crippen LogP contribution is -2.03. The van der Waals surface area contributed by atoms with Crippen LogP contribution in [0, 0.1) is 6.92 Å². The summed E-state index contributed by atoms with van der Waals surface area (Å²) >= 11 is 0. The molecule has 0 amide bonds. The first-order chi connectivity index (χ1) is 7.29. The van der Waals surface area contributed by atoms with Crippen LogP contribution in [-0.2, 0) is 0 Å². The predicted octanol–water partition coefficient (Wildman–Crippen LogP) is 2.37. The number of aryl methyl sites for hydroxylation is 1. The number of benzene rings is 1. The minimum Gasteiger partial charge on any atom is -0.441 e. The van der Waals surface area contributed by atoms with Crippen LogP contribution >= 0.6 is 0 Å². The fourth-order valence-electron chi connectivity index (χ4n) is 1.47. The van der Waals surface area contributed by atoms with Gasteiger partial charge in [0.2, 0.25) is 0 Å². The van der Waals surface area contributed by atoms with Crippen LogP contribution in [0.15, 0.2) is 28.7 Å². The molecule has 0 saturated carbocycles. The molecular formula is C12H14N2O. The van der Waals surface area contributed by atoms with E-state index in [4.69, 9.17) is 4.42 Å². The van der Waals surface area contributed by atoms with Gasteiger partial charge in [-0.1, -0.05) is 18.2 Å². The molecule has 1 heterocycles. The summed E-state index contributed by atoms with van der Waals surface area (Å²) in [5, 5.41) is 3.06. The molecule has 2 aromatic rings. The SMILES string of the molecule is CNCC=Cc1ccc2nc(C)oc2c1. The lowest BCUT2D eigenvalue weighted by atomic mass is 10.2. The molecule has 0 radical (unpaired) electrons. The van der Waals surface area contributed by atoms with Crippen molar-refractivity contribution < 1.29 is 4.42 Å². The third kappa shape index (κ3) is 2.25. The van der Waals surface area contributed by atoms with Crippen molar-refractivity contribution in [3.8, 4) is 0 Å². The zero-order chi connectivity index (χ0) is 10.7. The van der Waals surface area contributed by atoms with Crippen LogP contribution in [0.2, 0.25) is 0 Å². The van der Waals surface area contributed by atoms with E-state index in [0.717, 1.165) is 23.2 Å². The molecule has 0 spiro atoms. The van der Waals surface area contributed by atoms with E-state index in [1.807, 2.05) is 32.2 Å². The van der Waals surface area contributed by atoms with Crippen molar-refractivity contribution in [1.82, 2.24) is 10.3 Å². The summed E-state index contributed by atoms with van der Waals surface area (Å²) in [7, 11) is 1.92. The molecule has 78 valence electrons. The second-order valence-corrected chi connectivity index (χ2v) is 3.42. The van der Waals surface area contributed by atoms with Crippen molar-refractivity contribution in [2.75, 3.05) is 13.6 Å². The first kappa shape index (κ1) is 9.93. The van der Waals surface area contributed by atoms with Crippen molar-refractivity contribution >= 4 is 17.2 Å². The summed E-state index contributed by atoms with van der Waals surface area (Å²) in [5.74, 6) is 0.710. The van der Waals surface area contributed by atoms with E-state index in [1.165, 1.54) is 0 Å². The average molecular weight is 202 g/mol. The van der Waals surface area contributed by atoms with E-state index in [0.29, 0.717) is 5.89 Å². The van der Waals surface area contributed by atoms with Crippen LogP contribution in [0.3, 0.4) is 0 Å². The lowest BCUT2D eigenvalue weighted by Gasteiger charge is -1.92. The standard InChI is InChI=1S/C12H14N2O/c1-9-14-11-6-5-10(4-3-7-13-2)8-12(11)15-9/h3-6,8,13H,7H2,1-2H3. The third-order valence-electron chi connectivity index (χ3n) is 2.15. The number of rotatable bonds is 3. The predicted molar refractivity (Wildman–Crippen MR) is 61.7 cm³/mol. The summed E-state index contributed by atoms with van der Waals surface area (Å²) in [6.07, 6.45) is 4.14. The number of aromatic nitrogens is 1. The maximum absolute atomic E-state index is 5.45. The molecule has 3 heteroatoms. The van der Waals surface area contributed by atoms with Crippen molar-refractivity contribution in [1.29, 1.82) is 0 Å². The summed E-state index contributed by atoms with van der Waals surface area (Å²) in [4.78, 5) is 4.25. The van der Waals surface area contributed by atoms with Crippen LogP contribution in [0.25, 0.3) is 17.2 Å². The van der Waals surface area contributed by atoms with Gasteiger partial charge in [-0.2, -0.15) is 0 Å². The van der Waals surface area contributed by atoms with Crippen LogP contribution in [0.1, 0.15) is 11.5 Å². The molecule has 2 rings (SSSR count). The minimum atomic E-state index is 0.710. The van der Waals surface area contributed by atoms with Gasteiger partial charge >= 0.3 is 0 Å². The Morgan fingerprint density at radius 1 is 1.47 bits per heavy atom. The maximum Gasteiger partial charge on any atom is 0.192 e. The largest absolute Gasteiger partial charge is 0.441 e. The summed E-state index contributed by atoms with van der Waals surface area (Å²) in [5.41, 5.74) is 2.89. The quantitative estimate of drug-likeness (QED) is 0.830. The third-order valence-corrected chi connectivity index (χ3v) is 2.15. The van der Waals surface area contributed by atoms with Crippen molar-refractivity contribution in [3.05, 3.63) is 35.7 Å². The van der Waals surface area contributed by atoms with Crippen molar-refractivity contribution in [2.45, 2.75) is 6.92 Å². The van der Waals surface area contributed by atoms with Crippen molar-refractivity contribution in [2.24, 2.45) is 0 Å². The maximum atomic E-state index is 5.45. The number of oxazole rings is 1. The van der Waals surface area contributed by atoms with Gasteiger partial charge in [-0.3, -0.25) is 0 Å². The van der Waals surface area contributed by atoms with E-state index < -0.39 is 0 Å². The normalized spacial score (nSPS) is 11.6. The van der Waals surface area contributed by atoms with Crippen LogP contribution in [0.5, 0.6) is 0 Å². The smallest absolute Gasteiger partial charge is 0.192 e. The van der Waals surface area contributed by atoms with E-state index >= 15 is 0 Å². The van der Waals surface area contributed by atoms with Gasteiger partial charge in [-0.25, -0.2) is 4.98 Å². The van der Waals surface area contributed by atoms with E-state index in [2.05, 4.69) is 22.5 Å². The number of nitrogens with zero attached hydrogens (tertiary/aromatic N) is 1. The van der Waals surface area contributed by atoms with Crippen LogP contribution in [0.4, 0.5) is 0 Å². The van der Waals surface area contributed by atoms with E-state index in [-0.39, 0.29) is 0 Å². The number of hydrogen-bond acceptors (Lipinski definition) is 3. The van der Waals surface area contributed by atoms with E-state index in [1.54, 1.807) is 0 Å². The van der Waals surface area contributed by atoms with Gasteiger partial charge in [0.15, 0.2) is 11.5 Å². The number of hydrogen-bond donors (Lipinski definition) is 1. The molecule has 0 aliphatic heterocycles. The van der Waals surface area contributed by atoms with Gasteiger partial charge in [-0.15, -0.1) is 0 Å². The molecule has 1 aromatic heterocycles. The summed E-state index contributed by atoms with van der Waals surface area (Å²) in [6, 6.07) is 6.02. The highest BCUT2D eigenvalue weighted by atomic mass is 16.3. The molecule has 0 aliphatic carbocycles. The Bertz CT molecular complexity index is 485. The molecule has 0 bridgehead atoms. The highest BCUT2D eigenvalue weighted by Crippen LogP contribution is 2.17. The molecular weight excluding hydrogens is 188 g/mol. The molecule has 3 nitrogen and oxygen atoms in total. The molecule has 0 fully saturated rings. The highest BCUT2D eigenvalue weighted by molar-refractivity contribution is 5.76. The fraction of sp³-hybridized carbons (Fsp3) is 0.250. The zero-order valence-corrected chi connectivity index (χ0v) is 8.95. The Hall–Kier alpha value is -1.61. The van der Waals surface area contributed by atoms with Gasteiger partial charge in [0.05, 0.1) is 0 Å². The zero-order valence-electron chi connectivity index (χ0n) is 8.95.